The van der Waals surface area contributed by atoms with Crippen LogP contribution in [0.4, 0.5) is 0 Å². The third-order valence-electron chi connectivity index (χ3n) is 3.38. The summed E-state index contributed by atoms with van der Waals surface area (Å²) in [6.07, 6.45) is 0. The van der Waals surface area contributed by atoms with Crippen LogP contribution in [0.15, 0.2) is 10.3 Å². The first-order chi connectivity index (χ1) is 9.47. The molecule has 120 valence electrons. The number of alkyl halides is 1. The molecule has 1 saturated heterocycles. The lowest BCUT2D eigenvalue weighted by atomic mass is 10.0. The molecule has 1 aliphatic heterocycles. The number of nitrogens with zero attached hydrogens (tertiary/aromatic N) is 1. The molecule has 0 amide bonds. The molecule has 7 heteroatoms. The van der Waals surface area contributed by atoms with Crippen LogP contribution in [0.25, 0.3) is 0 Å². The van der Waals surface area contributed by atoms with Crippen LogP contribution in [0, 0.1) is 6.92 Å². The van der Waals surface area contributed by atoms with Gasteiger partial charge >= 0.3 is 0 Å². The predicted molar refractivity (Wildman–Crippen MR) is 86.6 cm³/mol. The van der Waals surface area contributed by atoms with Crippen LogP contribution in [-0.4, -0.2) is 37.0 Å². The average Bonchev–Trinajstić information content (AvgIpc) is 2.67. The monoisotopic (exact) mass is 351 g/mol. The van der Waals surface area contributed by atoms with Crippen LogP contribution in [0.5, 0.6) is 0 Å². The number of hydrogen-bond donors (Lipinski definition) is 0. The molecular weight excluding hydrogens is 330 g/mol. The fourth-order valence-corrected chi connectivity index (χ4v) is 6.47. The van der Waals surface area contributed by atoms with Gasteiger partial charge in [-0.05, 0) is 46.2 Å². The Bertz CT molecular complexity index is 619. The molecule has 0 aliphatic carbocycles. The number of rotatable bonds is 3. The van der Waals surface area contributed by atoms with Crippen molar-refractivity contribution in [3.8, 4) is 0 Å². The highest BCUT2D eigenvalue weighted by Crippen LogP contribution is 2.35. The molecule has 21 heavy (non-hydrogen) atoms. The summed E-state index contributed by atoms with van der Waals surface area (Å²) in [7, 11) is -3.50. The van der Waals surface area contributed by atoms with Crippen molar-refractivity contribution in [2.45, 2.75) is 55.9 Å². The van der Waals surface area contributed by atoms with E-state index in [-0.39, 0.29) is 0 Å². The van der Waals surface area contributed by atoms with Crippen molar-refractivity contribution in [2.24, 2.45) is 0 Å². The van der Waals surface area contributed by atoms with Gasteiger partial charge in [0.25, 0.3) is 10.0 Å². The number of hydrogen-bond acceptors (Lipinski definition) is 4. The molecule has 0 unspecified atom stereocenters. The minimum Gasteiger partial charge on any atom is -0.367 e. The third-order valence-corrected chi connectivity index (χ3v) is 7.28. The van der Waals surface area contributed by atoms with Crippen molar-refractivity contribution < 1.29 is 13.2 Å². The van der Waals surface area contributed by atoms with E-state index in [1.54, 1.807) is 6.07 Å². The van der Waals surface area contributed by atoms with Gasteiger partial charge in [0.1, 0.15) is 4.21 Å². The minimum atomic E-state index is -3.50. The molecule has 0 spiro atoms. The molecule has 1 aromatic heterocycles. The number of sulfonamides is 1. The molecule has 2 rings (SSSR count). The van der Waals surface area contributed by atoms with E-state index in [1.165, 1.54) is 15.6 Å². The van der Waals surface area contributed by atoms with Gasteiger partial charge in [-0.1, -0.05) is 0 Å². The van der Waals surface area contributed by atoms with Crippen molar-refractivity contribution in [3.63, 3.8) is 0 Å². The maximum atomic E-state index is 12.9. The quantitative estimate of drug-likeness (QED) is 0.784. The summed E-state index contributed by atoms with van der Waals surface area (Å²) in [5.74, 6) is 0.339. The molecule has 1 fully saturated rings. The van der Waals surface area contributed by atoms with Gasteiger partial charge in [0, 0.05) is 18.0 Å². The molecule has 0 aromatic carbocycles. The Balaban J connectivity index is 2.38. The van der Waals surface area contributed by atoms with Crippen LogP contribution in [0.1, 0.15) is 38.1 Å². The SMILES string of the molecule is Cc1cc(S(=O)(=O)N2CC(C)(C)OC(C)(C)C2)sc1CCl. The fourth-order valence-electron chi connectivity index (χ4n) is 2.76. The second-order valence-corrected chi connectivity index (χ2v) is 10.3. The first-order valence-corrected chi connectivity index (χ1v) is 9.62. The maximum absolute atomic E-state index is 12.9. The molecule has 2 heterocycles. The van der Waals surface area contributed by atoms with E-state index in [2.05, 4.69) is 0 Å². The summed E-state index contributed by atoms with van der Waals surface area (Å²) in [6.45, 7) is 10.3. The average molecular weight is 352 g/mol. The Morgan fingerprint density at radius 3 is 2.24 bits per heavy atom. The molecule has 0 atom stereocenters. The highest BCUT2D eigenvalue weighted by Gasteiger charge is 2.43. The molecule has 1 aromatic rings. The maximum Gasteiger partial charge on any atom is 0.252 e. The Morgan fingerprint density at radius 2 is 1.81 bits per heavy atom. The topological polar surface area (TPSA) is 46.6 Å². The zero-order valence-corrected chi connectivity index (χ0v) is 15.5. The van der Waals surface area contributed by atoms with Gasteiger partial charge in [-0.15, -0.1) is 22.9 Å². The van der Waals surface area contributed by atoms with Crippen LogP contribution < -0.4 is 0 Å². The molecule has 0 radical (unpaired) electrons. The van der Waals surface area contributed by atoms with Crippen molar-refractivity contribution in [2.75, 3.05) is 13.1 Å². The van der Waals surface area contributed by atoms with E-state index in [0.29, 0.717) is 23.2 Å². The normalized spacial score (nSPS) is 22.4. The van der Waals surface area contributed by atoms with Crippen LogP contribution in [0.3, 0.4) is 0 Å². The lowest BCUT2D eigenvalue weighted by Crippen LogP contribution is -2.58. The summed E-state index contributed by atoms with van der Waals surface area (Å²) in [4.78, 5) is 0.905. The molecule has 1 aliphatic rings. The number of aryl methyl sites for hydroxylation is 1. The standard InChI is InChI=1S/C14H22ClNO3S2/c1-10-6-12(20-11(10)7-15)21(17,18)16-8-13(2,3)19-14(4,5)9-16/h6H,7-9H2,1-5H3. The molecule has 0 saturated carbocycles. The van der Waals surface area contributed by atoms with Gasteiger partial charge < -0.3 is 4.74 Å². The highest BCUT2D eigenvalue weighted by molar-refractivity contribution is 7.91. The number of morpholine rings is 1. The second-order valence-electron chi connectivity index (χ2n) is 6.70. The van der Waals surface area contributed by atoms with E-state index in [9.17, 15) is 8.42 Å². The van der Waals surface area contributed by atoms with Gasteiger partial charge in [-0.25, -0.2) is 8.42 Å². The van der Waals surface area contributed by atoms with Crippen LogP contribution in [0.2, 0.25) is 0 Å². The Morgan fingerprint density at radius 1 is 1.29 bits per heavy atom. The number of thiophene rings is 1. The van der Waals surface area contributed by atoms with E-state index in [4.69, 9.17) is 16.3 Å². The van der Waals surface area contributed by atoms with Crippen LogP contribution in [-0.2, 0) is 20.6 Å². The first kappa shape index (κ1) is 17.2. The smallest absolute Gasteiger partial charge is 0.252 e. The molecular formula is C14H22ClNO3S2. The largest absolute Gasteiger partial charge is 0.367 e. The Hall–Kier alpha value is -0.140. The first-order valence-electron chi connectivity index (χ1n) is 6.82. The van der Waals surface area contributed by atoms with E-state index in [0.717, 1.165) is 10.4 Å². The van der Waals surface area contributed by atoms with E-state index >= 15 is 0 Å². The van der Waals surface area contributed by atoms with E-state index in [1.807, 2.05) is 34.6 Å². The van der Waals surface area contributed by atoms with Crippen molar-refractivity contribution in [1.29, 1.82) is 0 Å². The number of ether oxygens (including phenoxy) is 1. The lowest BCUT2D eigenvalue weighted by Gasteiger charge is -2.46. The van der Waals surface area contributed by atoms with Gasteiger partial charge in [0.05, 0.1) is 17.1 Å². The summed E-state index contributed by atoms with van der Waals surface area (Å²) in [6, 6.07) is 1.72. The van der Waals surface area contributed by atoms with Gasteiger partial charge in [0.15, 0.2) is 0 Å². The minimum absolute atomic E-state index is 0.339. The van der Waals surface area contributed by atoms with Crippen LogP contribution >= 0.6 is 22.9 Å². The summed E-state index contributed by atoms with van der Waals surface area (Å²) < 4.78 is 33.6. The van der Waals surface area contributed by atoms with Crippen molar-refractivity contribution >= 4 is 33.0 Å². The Labute approximate surface area is 136 Å². The zero-order valence-electron chi connectivity index (χ0n) is 13.1. The molecule has 0 N–H and O–H groups in total. The Kier molecular flexibility index (Phi) is 4.50. The summed E-state index contributed by atoms with van der Waals surface area (Å²) in [5, 5.41) is 0. The van der Waals surface area contributed by atoms with E-state index < -0.39 is 21.2 Å². The summed E-state index contributed by atoms with van der Waals surface area (Å²) >= 11 is 7.11. The lowest BCUT2D eigenvalue weighted by molar-refractivity contribution is -0.163. The van der Waals surface area contributed by atoms with Crippen molar-refractivity contribution in [3.05, 3.63) is 16.5 Å². The number of halogens is 1. The zero-order chi connectivity index (χ0) is 16.1. The molecule has 4 nitrogen and oxygen atoms in total. The highest BCUT2D eigenvalue weighted by atomic mass is 35.5. The third kappa shape index (κ3) is 3.62. The fraction of sp³-hybridized carbons (Fsp3) is 0.714. The van der Waals surface area contributed by atoms with Crippen molar-refractivity contribution in [1.82, 2.24) is 4.31 Å². The van der Waals surface area contributed by atoms with Gasteiger partial charge in [-0.3, -0.25) is 0 Å². The van der Waals surface area contributed by atoms with Gasteiger partial charge in [0.2, 0.25) is 0 Å². The molecule has 0 bridgehead atoms. The summed E-state index contributed by atoms with van der Waals surface area (Å²) in [5.41, 5.74) is -0.0762. The second kappa shape index (κ2) is 5.49. The van der Waals surface area contributed by atoms with Gasteiger partial charge in [-0.2, -0.15) is 4.31 Å². The predicted octanol–water partition coefficient (Wildman–Crippen LogP) is 3.37.